The zero-order valence-electron chi connectivity index (χ0n) is 16.1. The predicted octanol–water partition coefficient (Wildman–Crippen LogP) is 0.585. The summed E-state index contributed by atoms with van der Waals surface area (Å²) in [6, 6.07) is 7.23. The summed E-state index contributed by atoms with van der Waals surface area (Å²) in [6.07, 6.45) is 4.11. The van der Waals surface area contributed by atoms with Crippen molar-refractivity contribution in [1.82, 2.24) is 20.6 Å². The van der Waals surface area contributed by atoms with E-state index in [1.54, 1.807) is 24.5 Å². The van der Waals surface area contributed by atoms with Gasteiger partial charge < -0.3 is 21.1 Å². The molecule has 1 aromatic carbocycles. The quantitative estimate of drug-likeness (QED) is 0.290. The SMILES string of the molecule is COC(=O)C[C@@H]1C[C@@H](CNCc2cnc(-c3ccc(C(=N)N)cc3)cn2)NC1=O. The van der Waals surface area contributed by atoms with Gasteiger partial charge in [0.1, 0.15) is 5.84 Å². The van der Waals surface area contributed by atoms with E-state index in [9.17, 15) is 9.59 Å². The van der Waals surface area contributed by atoms with E-state index in [0.29, 0.717) is 25.1 Å². The summed E-state index contributed by atoms with van der Waals surface area (Å²) >= 11 is 0. The van der Waals surface area contributed by atoms with Gasteiger partial charge in [-0.15, -0.1) is 0 Å². The van der Waals surface area contributed by atoms with Gasteiger partial charge in [0.15, 0.2) is 0 Å². The smallest absolute Gasteiger partial charge is 0.306 e. The third-order valence-corrected chi connectivity index (χ3v) is 4.82. The number of carbonyl (C=O) groups is 2. The van der Waals surface area contributed by atoms with Crippen LogP contribution in [0.4, 0.5) is 0 Å². The maximum atomic E-state index is 11.9. The van der Waals surface area contributed by atoms with Crippen LogP contribution in [0, 0.1) is 11.3 Å². The van der Waals surface area contributed by atoms with Crippen molar-refractivity contribution >= 4 is 17.7 Å². The number of carbonyl (C=O) groups excluding carboxylic acids is 2. The van der Waals surface area contributed by atoms with Crippen molar-refractivity contribution in [1.29, 1.82) is 5.41 Å². The maximum Gasteiger partial charge on any atom is 0.306 e. The van der Waals surface area contributed by atoms with Gasteiger partial charge in [0, 0.05) is 30.3 Å². The van der Waals surface area contributed by atoms with Crippen LogP contribution in [0.1, 0.15) is 24.1 Å². The Morgan fingerprint density at radius 3 is 2.69 bits per heavy atom. The molecule has 1 aliphatic heterocycles. The van der Waals surface area contributed by atoms with Crippen molar-refractivity contribution in [2.75, 3.05) is 13.7 Å². The van der Waals surface area contributed by atoms with E-state index in [1.807, 2.05) is 12.1 Å². The van der Waals surface area contributed by atoms with Crippen molar-refractivity contribution < 1.29 is 14.3 Å². The lowest BCUT2D eigenvalue weighted by Crippen LogP contribution is -2.35. The largest absolute Gasteiger partial charge is 0.469 e. The number of hydrogen-bond donors (Lipinski definition) is 4. The van der Waals surface area contributed by atoms with Crippen LogP contribution >= 0.6 is 0 Å². The number of methoxy groups -OCH3 is 1. The monoisotopic (exact) mass is 396 g/mol. The number of rotatable bonds is 8. The summed E-state index contributed by atoms with van der Waals surface area (Å²) in [5.41, 5.74) is 8.54. The van der Waals surface area contributed by atoms with E-state index in [-0.39, 0.29) is 36.1 Å². The molecule has 2 heterocycles. The van der Waals surface area contributed by atoms with Crippen LogP contribution in [0.2, 0.25) is 0 Å². The van der Waals surface area contributed by atoms with E-state index in [1.165, 1.54) is 7.11 Å². The van der Waals surface area contributed by atoms with Gasteiger partial charge in [0.05, 0.1) is 43.2 Å². The molecule has 0 bridgehead atoms. The molecule has 1 fully saturated rings. The lowest BCUT2D eigenvalue weighted by atomic mass is 10.0. The Morgan fingerprint density at radius 1 is 1.31 bits per heavy atom. The second-order valence-electron chi connectivity index (χ2n) is 6.93. The highest BCUT2D eigenvalue weighted by molar-refractivity contribution is 5.95. The van der Waals surface area contributed by atoms with Gasteiger partial charge in [-0.1, -0.05) is 24.3 Å². The van der Waals surface area contributed by atoms with Gasteiger partial charge in [-0.05, 0) is 6.42 Å². The third kappa shape index (κ3) is 5.35. The Kier molecular flexibility index (Phi) is 6.50. The Hall–Kier alpha value is -3.33. The summed E-state index contributed by atoms with van der Waals surface area (Å²) in [7, 11) is 1.32. The number of amides is 1. The summed E-state index contributed by atoms with van der Waals surface area (Å²) in [6.45, 7) is 1.10. The van der Waals surface area contributed by atoms with E-state index < -0.39 is 0 Å². The van der Waals surface area contributed by atoms with Crippen LogP contribution in [0.3, 0.4) is 0 Å². The molecule has 0 spiro atoms. The molecular weight excluding hydrogens is 372 g/mol. The van der Waals surface area contributed by atoms with Crippen LogP contribution in [0.25, 0.3) is 11.3 Å². The Morgan fingerprint density at radius 2 is 2.07 bits per heavy atom. The fraction of sp³-hybridized carbons (Fsp3) is 0.350. The molecule has 1 amide bonds. The number of nitrogens with zero attached hydrogens (tertiary/aromatic N) is 2. The zero-order valence-corrected chi connectivity index (χ0v) is 16.1. The second kappa shape index (κ2) is 9.24. The summed E-state index contributed by atoms with van der Waals surface area (Å²) in [5, 5.41) is 13.6. The molecule has 1 aromatic heterocycles. The molecule has 2 aromatic rings. The molecule has 1 saturated heterocycles. The van der Waals surface area contributed by atoms with Gasteiger partial charge in [0.25, 0.3) is 0 Å². The zero-order chi connectivity index (χ0) is 20.8. The second-order valence-corrected chi connectivity index (χ2v) is 6.93. The fourth-order valence-electron chi connectivity index (χ4n) is 3.21. The number of nitrogen functional groups attached to an aromatic ring is 1. The molecule has 0 unspecified atom stereocenters. The van der Waals surface area contributed by atoms with Crippen molar-refractivity contribution in [2.24, 2.45) is 11.7 Å². The first-order valence-corrected chi connectivity index (χ1v) is 9.30. The first-order chi connectivity index (χ1) is 14.0. The van der Waals surface area contributed by atoms with Gasteiger partial charge >= 0.3 is 5.97 Å². The van der Waals surface area contributed by atoms with Crippen molar-refractivity contribution in [3.05, 3.63) is 47.9 Å². The maximum absolute atomic E-state index is 11.9. The molecule has 2 atom stereocenters. The normalized spacial score (nSPS) is 18.3. The Labute approximate surface area is 168 Å². The number of amidine groups is 1. The molecule has 0 saturated carbocycles. The minimum absolute atomic E-state index is 0.0239. The average molecular weight is 396 g/mol. The van der Waals surface area contributed by atoms with Crippen LogP contribution in [0.15, 0.2) is 36.7 Å². The molecule has 1 aliphatic rings. The topological polar surface area (TPSA) is 143 Å². The standard InChI is InChI=1S/C20H24N6O3/c1-29-18(27)7-14-6-15(26-20(14)28)8-23-9-16-10-25-17(11-24-16)12-2-4-13(5-3-12)19(21)22/h2-5,10-11,14-15,23H,6-9H2,1H3,(H3,21,22)(H,26,28)/t14-,15-/m0/s1. The number of aromatic nitrogens is 2. The molecule has 9 nitrogen and oxygen atoms in total. The third-order valence-electron chi connectivity index (χ3n) is 4.82. The molecule has 29 heavy (non-hydrogen) atoms. The van der Waals surface area contributed by atoms with Crippen LogP contribution in [0.5, 0.6) is 0 Å². The van der Waals surface area contributed by atoms with E-state index in [2.05, 4.69) is 25.3 Å². The minimum Gasteiger partial charge on any atom is -0.469 e. The summed E-state index contributed by atoms with van der Waals surface area (Å²) < 4.78 is 4.63. The highest BCUT2D eigenvalue weighted by atomic mass is 16.5. The molecular formula is C20H24N6O3. The van der Waals surface area contributed by atoms with E-state index in [4.69, 9.17) is 11.1 Å². The van der Waals surface area contributed by atoms with Crippen molar-refractivity contribution in [2.45, 2.75) is 25.4 Å². The number of nitrogens with two attached hydrogens (primary N) is 1. The average Bonchev–Trinajstić information content (AvgIpc) is 3.07. The van der Waals surface area contributed by atoms with Gasteiger partial charge in [-0.25, -0.2) is 0 Å². The van der Waals surface area contributed by atoms with Crippen molar-refractivity contribution in [3.63, 3.8) is 0 Å². The summed E-state index contributed by atoms with van der Waals surface area (Å²) in [4.78, 5) is 32.1. The van der Waals surface area contributed by atoms with Crippen LogP contribution in [-0.4, -0.2) is 47.4 Å². The highest BCUT2D eigenvalue weighted by Crippen LogP contribution is 2.19. The lowest BCUT2D eigenvalue weighted by molar-refractivity contribution is -0.143. The lowest BCUT2D eigenvalue weighted by Gasteiger charge is -2.11. The Bertz CT molecular complexity index is 882. The fourth-order valence-corrected chi connectivity index (χ4v) is 3.21. The Balaban J connectivity index is 1.48. The van der Waals surface area contributed by atoms with Gasteiger partial charge in [-0.2, -0.15) is 0 Å². The van der Waals surface area contributed by atoms with Crippen LogP contribution < -0.4 is 16.4 Å². The molecule has 3 rings (SSSR count). The number of hydrogen-bond acceptors (Lipinski definition) is 7. The van der Waals surface area contributed by atoms with E-state index >= 15 is 0 Å². The molecule has 5 N–H and O–H groups in total. The molecule has 0 radical (unpaired) electrons. The number of benzene rings is 1. The predicted molar refractivity (Wildman–Crippen MR) is 107 cm³/mol. The highest BCUT2D eigenvalue weighted by Gasteiger charge is 2.33. The molecule has 9 heteroatoms. The first kappa shape index (κ1) is 20.4. The van der Waals surface area contributed by atoms with Gasteiger partial charge in [0.2, 0.25) is 5.91 Å². The summed E-state index contributed by atoms with van der Waals surface area (Å²) in [5.74, 6) is -0.783. The first-order valence-electron chi connectivity index (χ1n) is 9.30. The molecule has 152 valence electrons. The van der Waals surface area contributed by atoms with Crippen molar-refractivity contribution in [3.8, 4) is 11.3 Å². The van der Waals surface area contributed by atoms with Crippen LogP contribution in [-0.2, 0) is 20.9 Å². The number of esters is 1. The van der Waals surface area contributed by atoms with E-state index in [0.717, 1.165) is 17.0 Å². The minimum atomic E-state index is -0.370. The van der Waals surface area contributed by atoms with Gasteiger partial charge in [-0.3, -0.25) is 25.0 Å². The number of nitrogens with one attached hydrogen (secondary N) is 3. The molecule has 0 aliphatic carbocycles. The number of ether oxygens (including phenoxy) is 1.